The maximum absolute atomic E-state index is 12.2. The number of rotatable bonds is 4. The van der Waals surface area contributed by atoms with E-state index in [0.717, 1.165) is 10.8 Å². The molecule has 116 valence electrons. The number of ether oxygens (including phenoxy) is 1. The zero-order chi connectivity index (χ0) is 15.4. The molecular formula is C15H18N4O2S. The van der Waals surface area contributed by atoms with Crippen LogP contribution >= 0.6 is 11.8 Å². The van der Waals surface area contributed by atoms with Gasteiger partial charge in [0.05, 0.1) is 19.0 Å². The Morgan fingerprint density at radius 3 is 2.73 bits per heavy atom. The maximum atomic E-state index is 12.2. The van der Waals surface area contributed by atoms with Gasteiger partial charge in [0.2, 0.25) is 5.91 Å². The summed E-state index contributed by atoms with van der Waals surface area (Å²) in [6.07, 6.45) is 1.67. The molecule has 1 fully saturated rings. The van der Waals surface area contributed by atoms with E-state index >= 15 is 0 Å². The summed E-state index contributed by atoms with van der Waals surface area (Å²) >= 11 is 1.41. The Bertz CT molecular complexity index is 635. The predicted octanol–water partition coefficient (Wildman–Crippen LogP) is 1.53. The van der Waals surface area contributed by atoms with E-state index in [1.807, 2.05) is 40.7 Å². The number of benzene rings is 1. The summed E-state index contributed by atoms with van der Waals surface area (Å²) in [5, 5.41) is 8.80. The van der Waals surface area contributed by atoms with E-state index in [0.29, 0.717) is 32.1 Å². The lowest BCUT2D eigenvalue weighted by Crippen LogP contribution is -2.41. The lowest BCUT2D eigenvalue weighted by atomic mass is 10.2. The standard InChI is InChI=1S/C15H18N4O2S/c1-12-2-4-13(5-3-12)19-11-16-17-15(19)22-10-14(20)18-6-8-21-9-7-18/h2-5,11H,6-10H2,1H3. The van der Waals surface area contributed by atoms with Gasteiger partial charge in [-0.1, -0.05) is 29.5 Å². The Morgan fingerprint density at radius 1 is 1.27 bits per heavy atom. The molecule has 3 rings (SSSR count). The van der Waals surface area contributed by atoms with Gasteiger partial charge in [-0.3, -0.25) is 9.36 Å². The Hall–Kier alpha value is -1.86. The molecule has 0 aliphatic carbocycles. The number of aryl methyl sites for hydroxylation is 1. The van der Waals surface area contributed by atoms with Gasteiger partial charge in [-0.05, 0) is 19.1 Å². The summed E-state index contributed by atoms with van der Waals surface area (Å²) in [6, 6.07) is 8.13. The lowest BCUT2D eigenvalue weighted by molar-refractivity contribution is -0.132. The van der Waals surface area contributed by atoms with Crippen molar-refractivity contribution in [1.29, 1.82) is 0 Å². The fourth-order valence-electron chi connectivity index (χ4n) is 2.24. The zero-order valence-electron chi connectivity index (χ0n) is 12.4. The number of aromatic nitrogens is 3. The van der Waals surface area contributed by atoms with Gasteiger partial charge in [-0.25, -0.2) is 0 Å². The van der Waals surface area contributed by atoms with Gasteiger partial charge < -0.3 is 9.64 Å². The first-order valence-electron chi connectivity index (χ1n) is 7.19. The molecule has 1 aliphatic heterocycles. The first kappa shape index (κ1) is 15.1. The maximum Gasteiger partial charge on any atom is 0.233 e. The molecule has 7 heteroatoms. The Labute approximate surface area is 133 Å². The Morgan fingerprint density at radius 2 is 2.00 bits per heavy atom. The van der Waals surface area contributed by atoms with Crippen molar-refractivity contribution in [3.63, 3.8) is 0 Å². The summed E-state index contributed by atoms with van der Waals surface area (Å²) in [6.45, 7) is 4.63. The van der Waals surface area contributed by atoms with Gasteiger partial charge in [0.15, 0.2) is 5.16 Å². The van der Waals surface area contributed by atoms with E-state index in [1.54, 1.807) is 6.33 Å². The third-order valence-corrected chi connectivity index (χ3v) is 4.44. The molecule has 0 saturated carbocycles. The molecule has 22 heavy (non-hydrogen) atoms. The van der Waals surface area contributed by atoms with Crippen molar-refractivity contribution in [2.24, 2.45) is 0 Å². The monoisotopic (exact) mass is 318 g/mol. The molecule has 1 amide bonds. The highest BCUT2D eigenvalue weighted by Gasteiger charge is 2.18. The zero-order valence-corrected chi connectivity index (χ0v) is 13.3. The third-order valence-electron chi connectivity index (χ3n) is 3.52. The Balaban J connectivity index is 1.65. The number of thioether (sulfide) groups is 1. The first-order valence-corrected chi connectivity index (χ1v) is 8.18. The number of morpholine rings is 1. The van der Waals surface area contributed by atoms with E-state index in [-0.39, 0.29) is 5.91 Å². The normalized spacial score (nSPS) is 15.0. The van der Waals surface area contributed by atoms with Crippen LogP contribution in [-0.4, -0.2) is 57.6 Å². The summed E-state index contributed by atoms with van der Waals surface area (Å²) < 4.78 is 7.16. The van der Waals surface area contributed by atoms with Crippen molar-refractivity contribution in [1.82, 2.24) is 19.7 Å². The quantitative estimate of drug-likeness (QED) is 0.800. The number of nitrogens with zero attached hydrogens (tertiary/aromatic N) is 4. The molecule has 0 radical (unpaired) electrons. The van der Waals surface area contributed by atoms with E-state index in [9.17, 15) is 4.79 Å². The van der Waals surface area contributed by atoms with E-state index < -0.39 is 0 Å². The largest absolute Gasteiger partial charge is 0.378 e. The number of carbonyl (C=O) groups excluding carboxylic acids is 1. The molecule has 0 unspecified atom stereocenters. The van der Waals surface area contributed by atoms with Gasteiger partial charge in [-0.15, -0.1) is 10.2 Å². The van der Waals surface area contributed by atoms with Gasteiger partial charge in [0, 0.05) is 18.8 Å². The second-order valence-electron chi connectivity index (χ2n) is 5.10. The fourth-order valence-corrected chi connectivity index (χ4v) is 3.07. The van der Waals surface area contributed by atoms with E-state index in [2.05, 4.69) is 10.2 Å². The van der Waals surface area contributed by atoms with Crippen LogP contribution in [0.4, 0.5) is 0 Å². The van der Waals surface area contributed by atoms with Crippen molar-refractivity contribution < 1.29 is 9.53 Å². The average Bonchev–Trinajstić information content (AvgIpc) is 3.02. The van der Waals surface area contributed by atoms with Crippen LogP contribution in [0.3, 0.4) is 0 Å². The van der Waals surface area contributed by atoms with Crippen LogP contribution in [0.5, 0.6) is 0 Å². The molecule has 1 aliphatic rings. The molecule has 0 bridgehead atoms. The fraction of sp³-hybridized carbons (Fsp3) is 0.400. The molecule has 0 spiro atoms. The van der Waals surface area contributed by atoms with Crippen molar-refractivity contribution >= 4 is 17.7 Å². The van der Waals surface area contributed by atoms with Crippen molar-refractivity contribution in [3.8, 4) is 5.69 Å². The molecule has 2 heterocycles. The summed E-state index contributed by atoms with van der Waals surface area (Å²) in [7, 11) is 0. The summed E-state index contributed by atoms with van der Waals surface area (Å²) in [5.41, 5.74) is 2.20. The molecule has 6 nitrogen and oxygen atoms in total. The smallest absolute Gasteiger partial charge is 0.233 e. The van der Waals surface area contributed by atoms with Crippen LogP contribution in [-0.2, 0) is 9.53 Å². The summed E-state index contributed by atoms with van der Waals surface area (Å²) in [4.78, 5) is 14.0. The highest BCUT2D eigenvalue weighted by molar-refractivity contribution is 7.99. The molecule has 2 aromatic rings. The molecule has 1 saturated heterocycles. The second-order valence-corrected chi connectivity index (χ2v) is 6.04. The molecule has 0 atom stereocenters. The second kappa shape index (κ2) is 6.93. The molecular weight excluding hydrogens is 300 g/mol. The number of carbonyl (C=O) groups is 1. The number of amides is 1. The third kappa shape index (κ3) is 3.48. The molecule has 0 N–H and O–H groups in total. The van der Waals surface area contributed by atoms with E-state index in [4.69, 9.17) is 4.74 Å². The van der Waals surface area contributed by atoms with Gasteiger partial charge in [0.25, 0.3) is 0 Å². The lowest BCUT2D eigenvalue weighted by Gasteiger charge is -2.26. The van der Waals surface area contributed by atoms with Crippen molar-refractivity contribution in [2.45, 2.75) is 12.1 Å². The van der Waals surface area contributed by atoms with Crippen molar-refractivity contribution in [2.75, 3.05) is 32.1 Å². The summed E-state index contributed by atoms with van der Waals surface area (Å²) in [5.74, 6) is 0.483. The van der Waals surface area contributed by atoms with Gasteiger partial charge in [-0.2, -0.15) is 0 Å². The van der Waals surface area contributed by atoms with Crippen LogP contribution in [0.1, 0.15) is 5.56 Å². The Kier molecular flexibility index (Phi) is 4.74. The van der Waals surface area contributed by atoms with E-state index in [1.165, 1.54) is 17.3 Å². The van der Waals surface area contributed by atoms with Crippen LogP contribution in [0.15, 0.2) is 35.7 Å². The van der Waals surface area contributed by atoms with Crippen LogP contribution < -0.4 is 0 Å². The number of hydrogen-bond acceptors (Lipinski definition) is 5. The predicted molar refractivity (Wildman–Crippen MR) is 84.2 cm³/mol. The number of hydrogen-bond donors (Lipinski definition) is 0. The SMILES string of the molecule is Cc1ccc(-n2cnnc2SCC(=O)N2CCOCC2)cc1. The van der Waals surface area contributed by atoms with Crippen LogP contribution in [0.2, 0.25) is 0 Å². The molecule has 1 aromatic carbocycles. The minimum atomic E-state index is 0.117. The topological polar surface area (TPSA) is 60.2 Å². The average molecular weight is 318 g/mol. The highest BCUT2D eigenvalue weighted by Crippen LogP contribution is 2.20. The van der Waals surface area contributed by atoms with Gasteiger partial charge >= 0.3 is 0 Å². The minimum absolute atomic E-state index is 0.117. The first-order chi connectivity index (χ1) is 10.7. The van der Waals surface area contributed by atoms with Gasteiger partial charge in [0.1, 0.15) is 6.33 Å². The van der Waals surface area contributed by atoms with Crippen LogP contribution in [0, 0.1) is 6.92 Å². The molecule has 1 aromatic heterocycles. The van der Waals surface area contributed by atoms with Crippen molar-refractivity contribution in [3.05, 3.63) is 36.2 Å². The minimum Gasteiger partial charge on any atom is -0.378 e. The van der Waals surface area contributed by atoms with Crippen LogP contribution in [0.25, 0.3) is 5.69 Å². The highest BCUT2D eigenvalue weighted by atomic mass is 32.2.